The molecule has 0 bridgehead atoms. The summed E-state index contributed by atoms with van der Waals surface area (Å²) in [5.74, 6) is 1.51. The summed E-state index contributed by atoms with van der Waals surface area (Å²) < 4.78 is 7.83. The van der Waals surface area contributed by atoms with Crippen LogP contribution in [0, 0.1) is 0 Å². The third-order valence-electron chi connectivity index (χ3n) is 2.99. The zero-order chi connectivity index (χ0) is 15.4. The molecule has 1 aromatic heterocycles. The van der Waals surface area contributed by atoms with Gasteiger partial charge in [-0.05, 0) is 48.5 Å². The second kappa shape index (κ2) is 6.94. The summed E-state index contributed by atoms with van der Waals surface area (Å²) >= 11 is 6.82. The van der Waals surface area contributed by atoms with Gasteiger partial charge in [-0.2, -0.15) is 5.10 Å². The molecule has 0 aliphatic rings. The van der Waals surface area contributed by atoms with E-state index in [4.69, 9.17) is 4.42 Å². The van der Waals surface area contributed by atoms with E-state index in [1.54, 1.807) is 6.21 Å². The molecule has 0 saturated heterocycles. The van der Waals surface area contributed by atoms with Gasteiger partial charge in [-0.25, -0.2) is 0 Å². The quantitative estimate of drug-likeness (QED) is 0.421. The maximum atomic E-state index is 5.75. The molecule has 3 aromatic rings. The lowest BCUT2D eigenvalue weighted by molar-refractivity contribution is 0.575. The summed E-state index contributed by atoms with van der Waals surface area (Å²) in [5.41, 5.74) is 4.91. The first-order chi connectivity index (χ1) is 10.7. The van der Waals surface area contributed by atoms with Gasteiger partial charge in [0.25, 0.3) is 0 Å². The minimum Gasteiger partial charge on any atom is -0.455 e. The standard InChI is InChI=1S/C17H12Br2N2O/c18-13-3-1-12(2-4-13)17-10-9-16(22-17)11-20-21-15-7-5-14(19)6-8-15/h1-11,21H. The zero-order valence-electron chi connectivity index (χ0n) is 11.5. The van der Waals surface area contributed by atoms with E-state index in [-0.39, 0.29) is 0 Å². The Morgan fingerprint density at radius 1 is 0.818 bits per heavy atom. The molecule has 0 spiro atoms. The van der Waals surface area contributed by atoms with Gasteiger partial charge in [-0.15, -0.1) is 0 Å². The normalized spacial score (nSPS) is 11.0. The third kappa shape index (κ3) is 3.87. The van der Waals surface area contributed by atoms with Crippen LogP contribution in [0.2, 0.25) is 0 Å². The minimum atomic E-state index is 0.697. The highest BCUT2D eigenvalue weighted by Gasteiger charge is 2.03. The maximum Gasteiger partial charge on any atom is 0.147 e. The van der Waals surface area contributed by atoms with Crippen LogP contribution in [-0.4, -0.2) is 6.21 Å². The Morgan fingerprint density at radius 2 is 1.45 bits per heavy atom. The van der Waals surface area contributed by atoms with Crippen LogP contribution in [0.3, 0.4) is 0 Å². The summed E-state index contributed by atoms with van der Waals surface area (Å²) in [6.45, 7) is 0. The van der Waals surface area contributed by atoms with Crippen molar-refractivity contribution in [2.45, 2.75) is 0 Å². The van der Waals surface area contributed by atoms with Gasteiger partial charge in [0.2, 0.25) is 0 Å². The van der Waals surface area contributed by atoms with E-state index in [1.807, 2.05) is 60.7 Å². The molecule has 3 rings (SSSR count). The molecule has 0 fully saturated rings. The van der Waals surface area contributed by atoms with Crippen molar-refractivity contribution in [1.29, 1.82) is 0 Å². The first-order valence-corrected chi connectivity index (χ1v) is 8.20. The molecule has 3 nitrogen and oxygen atoms in total. The third-order valence-corrected chi connectivity index (χ3v) is 4.04. The fourth-order valence-electron chi connectivity index (χ4n) is 1.89. The molecule has 110 valence electrons. The highest BCUT2D eigenvalue weighted by molar-refractivity contribution is 9.10. The second-order valence-corrected chi connectivity index (χ2v) is 6.42. The summed E-state index contributed by atoms with van der Waals surface area (Å²) in [6.07, 6.45) is 1.66. The first-order valence-electron chi connectivity index (χ1n) is 6.61. The molecule has 1 N–H and O–H groups in total. The lowest BCUT2D eigenvalue weighted by Crippen LogP contribution is -1.88. The molecule has 0 radical (unpaired) electrons. The van der Waals surface area contributed by atoms with E-state index in [9.17, 15) is 0 Å². The Hall–Kier alpha value is -1.85. The lowest BCUT2D eigenvalue weighted by atomic mass is 10.2. The average Bonchev–Trinajstić information content (AvgIpc) is 2.99. The van der Waals surface area contributed by atoms with Crippen LogP contribution in [-0.2, 0) is 0 Å². The Labute approximate surface area is 145 Å². The Morgan fingerprint density at radius 3 is 2.14 bits per heavy atom. The second-order valence-electron chi connectivity index (χ2n) is 4.59. The molecular formula is C17H12Br2N2O. The number of anilines is 1. The molecule has 1 heterocycles. The van der Waals surface area contributed by atoms with Crippen molar-refractivity contribution in [3.8, 4) is 11.3 Å². The van der Waals surface area contributed by atoms with Crippen LogP contribution in [0.25, 0.3) is 11.3 Å². The molecule has 2 aromatic carbocycles. The van der Waals surface area contributed by atoms with Gasteiger partial charge in [-0.3, -0.25) is 5.43 Å². The fraction of sp³-hybridized carbons (Fsp3) is 0. The molecular weight excluding hydrogens is 408 g/mol. The van der Waals surface area contributed by atoms with Crippen molar-refractivity contribution in [3.05, 3.63) is 75.4 Å². The van der Waals surface area contributed by atoms with Gasteiger partial charge in [0.05, 0.1) is 11.9 Å². The molecule has 0 aliphatic carbocycles. The van der Waals surface area contributed by atoms with E-state index < -0.39 is 0 Å². The van der Waals surface area contributed by atoms with Crippen LogP contribution in [0.5, 0.6) is 0 Å². The Bertz CT molecular complexity index is 777. The predicted octanol–water partition coefficient (Wildman–Crippen LogP) is 5.92. The number of rotatable bonds is 4. The number of benzene rings is 2. The molecule has 0 saturated carbocycles. The van der Waals surface area contributed by atoms with Crippen molar-refractivity contribution in [1.82, 2.24) is 0 Å². The topological polar surface area (TPSA) is 37.5 Å². The molecule has 22 heavy (non-hydrogen) atoms. The van der Waals surface area contributed by atoms with Crippen LogP contribution >= 0.6 is 31.9 Å². The van der Waals surface area contributed by atoms with E-state index in [0.29, 0.717) is 5.76 Å². The molecule has 5 heteroatoms. The van der Waals surface area contributed by atoms with Crippen LogP contribution in [0.15, 0.2) is 79.1 Å². The smallest absolute Gasteiger partial charge is 0.147 e. The first kappa shape index (κ1) is 15.1. The largest absolute Gasteiger partial charge is 0.455 e. The van der Waals surface area contributed by atoms with E-state index in [2.05, 4.69) is 42.4 Å². The maximum absolute atomic E-state index is 5.75. The SMILES string of the molecule is Brc1ccc(NN=Cc2ccc(-c3ccc(Br)cc3)o2)cc1. The lowest BCUT2D eigenvalue weighted by Gasteiger charge is -1.99. The molecule has 0 atom stereocenters. The molecule has 0 aliphatic heterocycles. The van der Waals surface area contributed by atoms with Crippen molar-refractivity contribution < 1.29 is 4.42 Å². The van der Waals surface area contributed by atoms with Crippen LogP contribution in [0.1, 0.15) is 5.76 Å². The van der Waals surface area contributed by atoms with Crippen LogP contribution in [0.4, 0.5) is 5.69 Å². The number of hydrogen-bond donors (Lipinski definition) is 1. The van der Waals surface area contributed by atoms with Gasteiger partial charge in [0.15, 0.2) is 0 Å². The summed E-state index contributed by atoms with van der Waals surface area (Å²) in [7, 11) is 0. The highest BCUT2D eigenvalue weighted by Crippen LogP contribution is 2.23. The fourth-order valence-corrected chi connectivity index (χ4v) is 2.42. The van der Waals surface area contributed by atoms with E-state index >= 15 is 0 Å². The number of halogens is 2. The number of hydrogen-bond acceptors (Lipinski definition) is 3. The van der Waals surface area contributed by atoms with Crippen molar-refractivity contribution in [2.24, 2.45) is 5.10 Å². The van der Waals surface area contributed by atoms with E-state index in [0.717, 1.165) is 26.0 Å². The van der Waals surface area contributed by atoms with Crippen LogP contribution < -0.4 is 5.43 Å². The van der Waals surface area contributed by atoms with Gasteiger partial charge >= 0.3 is 0 Å². The van der Waals surface area contributed by atoms with Gasteiger partial charge in [-0.1, -0.05) is 44.0 Å². The molecule has 0 amide bonds. The number of nitrogens with zero attached hydrogens (tertiary/aromatic N) is 1. The summed E-state index contributed by atoms with van der Waals surface area (Å²) in [4.78, 5) is 0. The van der Waals surface area contributed by atoms with Gasteiger partial charge in [0, 0.05) is 14.5 Å². The van der Waals surface area contributed by atoms with Crippen molar-refractivity contribution in [3.63, 3.8) is 0 Å². The Balaban J connectivity index is 1.67. The minimum absolute atomic E-state index is 0.697. The monoisotopic (exact) mass is 418 g/mol. The van der Waals surface area contributed by atoms with E-state index in [1.165, 1.54) is 0 Å². The summed E-state index contributed by atoms with van der Waals surface area (Å²) in [6, 6.07) is 19.6. The zero-order valence-corrected chi connectivity index (χ0v) is 14.6. The van der Waals surface area contributed by atoms with Crippen molar-refractivity contribution >= 4 is 43.8 Å². The van der Waals surface area contributed by atoms with Gasteiger partial charge < -0.3 is 4.42 Å². The number of furan rings is 1. The van der Waals surface area contributed by atoms with Gasteiger partial charge in [0.1, 0.15) is 11.5 Å². The Kier molecular flexibility index (Phi) is 4.75. The number of hydrazone groups is 1. The number of nitrogens with one attached hydrogen (secondary N) is 1. The summed E-state index contributed by atoms with van der Waals surface area (Å²) in [5, 5.41) is 4.17. The predicted molar refractivity (Wildman–Crippen MR) is 97.2 cm³/mol. The average molecular weight is 420 g/mol. The van der Waals surface area contributed by atoms with Crippen molar-refractivity contribution in [2.75, 3.05) is 5.43 Å². The molecule has 0 unspecified atom stereocenters. The highest BCUT2D eigenvalue weighted by atomic mass is 79.9.